The van der Waals surface area contributed by atoms with E-state index in [1.54, 1.807) is 6.20 Å². The average molecular weight is 279 g/mol. The van der Waals surface area contributed by atoms with Gasteiger partial charge in [-0.25, -0.2) is 4.98 Å². The van der Waals surface area contributed by atoms with Crippen molar-refractivity contribution in [1.29, 1.82) is 0 Å². The van der Waals surface area contributed by atoms with Crippen molar-refractivity contribution in [2.45, 2.75) is 0 Å². The number of pyridine rings is 1. The standard InChI is InChI=1S/C17H11ClN2/c18-16-10-11(8-9-19-16)12-5-3-6-14-13-4-1-2-7-15(13)20-17(12)14/h1-10,20H. The van der Waals surface area contributed by atoms with Crippen LogP contribution in [0.25, 0.3) is 32.9 Å². The number of aromatic nitrogens is 2. The Morgan fingerprint density at radius 1 is 0.900 bits per heavy atom. The average Bonchev–Trinajstić information content (AvgIpc) is 2.86. The number of fused-ring (bicyclic) bond motifs is 3. The molecular weight excluding hydrogens is 268 g/mol. The fourth-order valence-corrected chi connectivity index (χ4v) is 2.86. The summed E-state index contributed by atoms with van der Waals surface area (Å²) in [5.41, 5.74) is 4.50. The highest BCUT2D eigenvalue weighted by Gasteiger charge is 2.09. The lowest BCUT2D eigenvalue weighted by atomic mass is 10.0. The quantitative estimate of drug-likeness (QED) is 0.486. The van der Waals surface area contributed by atoms with Crippen molar-refractivity contribution in [3.05, 3.63) is 65.9 Å². The molecule has 4 aromatic rings. The minimum atomic E-state index is 0.510. The van der Waals surface area contributed by atoms with Crippen molar-refractivity contribution >= 4 is 33.4 Å². The molecule has 4 rings (SSSR count). The fraction of sp³-hybridized carbons (Fsp3) is 0. The van der Waals surface area contributed by atoms with Gasteiger partial charge in [0.1, 0.15) is 5.15 Å². The van der Waals surface area contributed by atoms with E-state index in [-0.39, 0.29) is 0 Å². The number of nitrogens with zero attached hydrogens (tertiary/aromatic N) is 1. The summed E-state index contributed by atoms with van der Waals surface area (Å²) in [6.45, 7) is 0. The molecule has 0 aliphatic heterocycles. The molecule has 0 radical (unpaired) electrons. The number of nitrogens with one attached hydrogen (secondary N) is 1. The molecule has 0 fully saturated rings. The maximum absolute atomic E-state index is 6.00. The van der Waals surface area contributed by atoms with Crippen LogP contribution >= 0.6 is 11.6 Å². The Balaban J connectivity index is 2.10. The molecule has 0 spiro atoms. The van der Waals surface area contributed by atoms with Crippen molar-refractivity contribution in [3.8, 4) is 11.1 Å². The van der Waals surface area contributed by atoms with E-state index in [9.17, 15) is 0 Å². The Morgan fingerprint density at radius 3 is 2.65 bits per heavy atom. The molecule has 0 saturated heterocycles. The van der Waals surface area contributed by atoms with Gasteiger partial charge >= 0.3 is 0 Å². The van der Waals surface area contributed by atoms with E-state index in [1.807, 2.05) is 18.2 Å². The number of benzene rings is 2. The van der Waals surface area contributed by atoms with E-state index >= 15 is 0 Å². The van der Waals surface area contributed by atoms with Crippen molar-refractivity contribution in [1.82, 2.24) is 9.97 Å². The lowest BCUT2D eigenvalue weighted by Gasteiger charge is -2.03. The predicted octanol–water partition coefficient (Wildman–Crippen LogP) is 5.04. The molecule has 2 nitrogen and oxygen atoms in total. The summed E-state index contributed by atoms with van der Waals surface area (Å²) in [4.78, 5) is 7.54. The van der Waals surface area contributed by atoms with Crippen LogP contribution in [0.5, 0.6) is 0 Å². The van der Waals surface area contributed by atoms with Gasteiger partial charge in [-0.3, -0.25) is 0 Å². The van der Waals surface area contributed by atoms with E-state index in [2.05, 4.69) is 46.4 Å². The highest BCUT2D eigenvalue weighted by atomic mass is 35.5. The lowest BCUT2D eigenvalue weighted by Crippen LogP contribution is -1.82. The highest BCUT2D eigenvalue weighted by molar-refractivity contribution is 6.29. The monoisotopic (exact) mass is 278 g/mol. The van der Waals surface area contributed by atoms with Crippen LogP contribution in [-0.4, -0.2) is 9.97 Å². The third-order valence-corrected chi connectivity index (χ3v) is 3.79. The topological polar surface area (TPSA) is 28.7 Å². The second-order valence-electron chi connectivity index (χ2n) is 4.77. The van der Waals surface area contributed by atoms with E-state index in [4.69, 9.17) is 11.6 Å². The zero-order chi connectivity index (χ0) is 13.5. The number of para-hydroxylation sites is 2. The van der Waals surface area contributed by atoms with E-state index < -0.39 is 0 Å². The van der Waals surface area contributed by atoms with Crippen LogP contribution in [0.2, 0.25) is 5.15 Å². The number of hydrogen-bond acceptors (Lipinski definition) is 1. The molecule has 96 valence electrons. The minimum Gasteiger partial charge on any atom is -0.354 e. The number of H-pyrrole nitrogens is 1. The molecule has 0 unspecified atom stereocenters. The summed E-state index contributed by atoms with van der Waals surface area (Å²) in [5, 5.41) is 2.98. The van der Waals surface area contributed by atoms with Gasteiger partial charge in [0.05, 0.1) is 5.52 Å². The highest BCUT2D eigenvalue weighted by Crippen LogP contribution is 2.33. The third kappa shape index (κ3) is 1.69. The predicted molar refractivity (Wildman–Crippen MR) is 84.0 cm³/mol. The fourth-order valence-electron chi connectivity index (χ4n) is 2.68. The van der Waals surface area contributed by atoms with E-state index in [1.165, 1.54) is 10.8 Å². The smallest absolute Gasteiger partial charge is 0.129 e. The molecule has 0 amide bonds. The Hall–Kier alpha value is -2.32. The lowest BCUT2D eigenvalue weighted by molar-refractivity contribution is 1.33. The summed E-state index contributed by atoms with van der Waals surface area (Å²) >= 11 is 6.00. The summed E-state index contributed by atoms with van der Waals surface area (Å²) in [7, 11) is 0. The summed E-state index contributed by atoms with van der Waals surface area (Å²) in [6.07, 6.45) is 1.74. The Kier molecular flexibility index (Phi) is 2.51. The zero-order valence-electron chi connectivity index (χ0n) is 10.6. The van der Waals surface area contributed by atoms with Gasteiger partial charge in [0.25, 0.3) is 0 Å². The summed E-state index contributed by atoms with van der Waals surface area (Å²) in [6, 6.07) is 18.5. The molecule has 0 aliphatic carbocycles. The first-order chi connectivity index (χ1) is 9.83. The molecule has 0 aliphatic rings. The number of aromatic amines is 1. The van der Waals surface area contributed by atoms with E-state index in [0.29, 0.717) is 5.15 Å². The van der Waals surface area contributed by atoms with Crippen molar-refractivity contribution < 1.29 is 0 Å². The Morgan fingerprint density at radius 2 is 1.75 bits per heavy atom. The van der Waals surface area contributed by atoms with Gasteiger partial charge in [-0.2, -0.15) is 0 Å². The minimum absolute atomic E-state index is 0.510. The molecule has 2 heterocycles. The van der Waals surface area contributed by atoms with Crippen LogP contribution in [0.4, 0.5) is 0 Å². The summed E-state index contributed by atoms with van der Waals surface area (Å²) < 4.78 is 0. The first-order valence-corrected chi connectivity index (χ1v) is 6.82. The molecule has 20 heavy (non-hydrogen) atoms. The van der Waals surface area contributed by atoms with Crippen molar-refractivity contribution in [3.63, 3.8) is 0 Å². The Bertz CT molecular complexity index is 924. The third-order valence-electron chi connectivity index (χ3n) is 3.58. The largest absolute Gasteiger partial charge is 0.354 e. The number of hydrogen-bond donors (Lipinski definition) is 1. The molecule has 2 aromatic carbocycles. The second-order valence-corrected chi connectivity index (χ2v) is 5.15. The van der Waals surface area contributed by atoms with Gasteiger partial charge in [-0.15, -0.1) is 0 Å². The number of rotatable bonds is 1. The van der Waals surface area contributed by atoms with Gasteiger partial charge in [-0.1, -0.05) is 48.0 Å². The van der Waals surface area contributed by atoms with Crippen molar-refractivity contribution in [2.75, 3.05) is 0 Å². The molecule has 0 atom stereocenters. The first-order valence-electron chi connectivity index (χ1n) is 6.44. The van der Waals surface area contributed by atoms with Gasteiger partial charge in [0, 0.05) is 28.0 Å². The van der Waals surface area contributed by atoms with Gasteiger partial charge in [-0.05, 0) is 23.8 Å². The van der Waals surface area contributed by atoms with Crippen LogP contribution in [0, 0.1) is 0 Å². The van der Waals surface area contributed by atoms with Crippen LogP contribution < -0.4 is 0 Å². The maximum Gasteiger partial charge on any atom is 0.129 e. The Labute approximate surface area is 121 Å². The summed E-state index contributed by atoms with van der Waals surface area (Å²) in [5.74, 6) is 0. The molecule has 0 saturated carbocycles. The molecular formula is C17H11ClN2. The normalized spacial score (nSPS) is 11.2. The molecule has 0 bridgehead atoms. The molecule has 2 aromatic heterocycles. The number of halogens is 1. The SMILES string of the molecule is Clc1cc(-c2cccc3c2[nH]c2ccccc23)ccn1. The first kappa shape index (κ1) is 11.5. The molecule has 1 N–H and O–H groups in total. The van der Waals surface area contributed by atoms with Crippen LogP contribution in [0.15, 0.2) is 60.8 Å². The van der Waals surface area contributed by atoms with Crippen LogP contribution in [0.3, 0.4) is 0 Å². The van der Waals surface area contributed by atoms with Gasteiger partial charge in [0.15, 0.2) is 0 Å². The van der Waals surface area contributed by atoms with Crippen LogP contribution in [0.1, 0.15) is 0 Å². The maximum atomic E-state index is 6.00. The zero-order valence-corrected chi connectivity index (χ0v) is 11.4. The second kappa shape index (κ2) is 4.36. The van der Waals surface area contributed by atoms with E-state index in [0.717, 1.165) is 22.2 Å². The van der Waals surface area contributed by atoms with Gasteiger partial charge in [0.2, 0.25) is 0 Å². The molecule has 3 heteroatoms. The van der Waals surface area contributed by atoms with Crippen molar-refractivity contribution in [2.24, 2.45) is 0 Å². The van der Waals surface area contributed by atoms with Gasteiger partial charge < -0.3 is 4.98 Å². The van der Waals surface area contributed by atoms with Crippen LogP contribution in [-0.2, 0) is 0 Å².